The van der Waals surface area contributed by atoms with E-state index in [4.69, 9.17) is 4.74 Å². The molecule has 0 saturated carbocycles. The van der Waals surface area contributed by atoms with E-state index in [1.54, 1.807) is 0 Å². The maximum absolute atomic E-state index is 12.1. The van der Waals surface area contributed by atoms with Gasteiger partial charge in [-0.25, -0.2) is 0 Å². The van der Waals surface area contributed by atoms with Crippen molar-refractivity contribution in [3.05, 3.63) is 11.6 Å². The van der Waals surface area contributed by atoms with E-state index in [0.717, 1.165) is 63.3 Å². The lowest BCUT2D eigenvalue weighted by molar-refractivity contribution is -0.122. The number of fused-ring (bicyclic) bond motifs is 1. The Kier molecular flexibility index (Phi) is 4.53. The summed E-state index contributed by atoms with van der Waals surface area (Å²) in [6.07, 6.45) is 6.65. The molecule has 1 fully saturated rings. The van der Waals surface area contributed by atoms with Gasteiger partial charge in [0.25, 0.3) is 0 Å². The molecule has 0 aromatic carbocycles. The first-order valence-electron chi connectivity index (χ1n) is 8.08. The van der Waals surface area contributed by atoms with Crippen LogP contribution < -0.4 is 5.32 Å². The van der Waals surface area contributed by atoms with Crippen LogP contribution in [0.3, 0.4) is 0 Å². The first-order valence-corrected chi connectivity index (χ1v) is 8.08. The van der Waals surface area contributed by atoms with Crippen molar-refractivity contribution in [2.45, 2.75) is 70.6 Å². The molecule has 0 aliphatic carbocycles. The van der Waals surface area contributed by atoms with E-state index in [1.807, 2.05) is 0 Å². The average molecular weight is 292 g/mol. The molecule has 1 aromatic rings. The Morgan fingerprint density at radius 1 is 1.43 bits per heavy atom. The van der Waals surface area contributed by atoms with Crippen LogP contribution in [0.1, 0.15) is 50.7 Å². The third-order valence-electron chi connectivity index (χ3n) is 4.42. The highest BCUT2D eigenvalue weighted by atomic mass is 16.5. The number of nitrogens with one attached hydrogen (secondary N) is 1. The Morgan fingerprint density at radius 3 is 3.10 bits per heavy atom. The molecule has 116 valence electrons. The van der Waals surface area contributed by atoms with Crippen LogP contribution in [0.15, 0.2) is 0 Å². The summed E-state index contributed by atoms with van der Waals surface area (Å²) in [5, 5.41) is 11.6. The average Bonchev–Trinajstić information content (AvgIpc) is 3.14. The summed E-state index contributed by atoms with van der Waals surface area (Å²) in [7, 11) is 0. The summed E-state index contributed by atoms with van der Waals surface area (Å²) in [5.74, 6) is 2.21. The van der Waals surface area contributed by atoms with Crippen LogP contribution >= 0.6 is 0 Å². The van der Waals surface area contributed by atoms with Gasteiger partial charge in [0.2, 0.25) is 5.91 Å². The van der Waals surface area contributed by atoms with Gasteiger partial charge in [-0.1, -0.05) is 6.92 Å². The number of amides is 1. The highest BCUT2D eigenvalue weighted by molar-refractivity contribution is 5.76. The van der Waals surface area contributed by atoms with Crippen molar-refractivity contribution in [2.24, 2.45) is 0 Å². The molecule has 1 saturated heterocycles. The van der Waals surface area contributed by atoms with Crippen molar-refractivity contribution >= 4 is 5.91 Å². The molecule has 0 spiro atoms. The zero-order chi connectivity index (χ0) is 14.7. The van der Waals surface area contributed by atoms with Crippen LogP contribution in [-0.2, 0) is 28.9 Å². The topological polar surface area (TPSA) is 69.0 Å². The van der Waals surface area contributed by atoms with Gasteiger partial charge in [-0.3, -0.25) is 4.79 Å². The van der Waals surface area contributed by atoms with Gasteiger partial charge in [0.1, 0.15) is 11.6 Å². The smallest absolute Gasteiger partial charge is 0.220 e. The molecule has 0 radical (unpaired) electrons. The molecule has 3 rings (SSSR count). The minimum absolute atomic E-state index is 0.144. The van der Waals surface area contributed by atoms with Gasteiger partial charge in [0.15, 0.2) is 0 Å². The molecule has 6 heteroatoms. The third-order valence-corrected chi connectivity index (χ3v) is 4.42. The predicted octanol–water partition coefficient (Wildman–Crippen LogP) is 1.23. The van der Waals surface area contributed by atoms with Crippen molar-refractivity contribution in [1.29, 1.82) is 0 Å². The number of aromatic nitrogens is 3. The number of carbonyl (C=O) groups excluding carboxylic acids is 1. The van der Waals surface area contributed by atoms with Gasteiger partial charge in [-0.2, -0.15) is 0 Å². The van der Waals surface area contributed by atoms with Crippen LogP contribution in [0.4, 0.5) is 0 Å². The third kappa shape index (κ3) is 3.43. The number of aryl methyl sites for hydroxylation is 2. The summed E-state index contributed by atoms with van der Waals surface area (Å²) in [6.45, 7) is 3.74. The molecule has 1 amide bonds. The fourth-order valence-corrected chi connectivity index (χ4v) is 3.23. The molecule has 1 aromatic heterocycles. The first-order chi connectivity index (χ1) is 10.3. The summed E-state index contributed by atoms with van der Waals surface area (Å²) in [6, 6.07) is 0.204. The van der Waals surface area contributed by atoms with E-state index in [2.05, 4.69) is 27.0 Å². The minimum Gasteiger partial charge on any atom is -0.378 e. The van der Waals surface area contributed by atoms with Crippen molar-refractivity contribution in [2.75, 3.05) is 6.61 Å². The van der Waals surface area contributed by atoms with Crippen LogP contribution in [-0.4, -0.2) is 39.4 Å². The molecule has 21 heavy (non-hydrogen) atoms. The summed E-state index contributed by atoms with van der Waals surface area (Å²) in [4.78, 5) is 12.1. The Hall–Kier alpha value is -1.43. The number of hydrogen-bond donors (Lipinski definition) is 1. The molecule has 2 atom stereocenters. The summed E-state index contributed by atoms with van der Waals surface area (Å²) in [5.41, 5.74) is 0. The van der Waals surface area contributed by atoms with E-state index in [0.29, 0.717) is 12.5 Å². The molecule has 0 bridgehead atoms. The normalized spacial score (nSPS) is 24.8. The van der Waals surface area contributed by atoms with E-state index in [-0.39, 0.29) is 11.9 Å². The Morgan fingerprint density at radius 2 is 2.33 bits per heavy atom. The Balaban J connectivity index is 1.48. The first kappa shape index (κ1) is 14.5. The van der Waals surface area contributed by atoms with Crippen LogP contribution in [0, 0.1) is 0 Å². The van der Waals surface area contributed by atoms with Crippen molar-refractivity contribution < 1.29 is 9.53 Å². The number of ether oxygens (including phenoxy) is 1. The fraction of sp³-hybridized carbons (Fsp3) is 0.800. The largest absolute Gasteiger partial charge is 0.378 e. The Bertz CT molecular complexity index is 480. The lowest BCUT2D eigenvalue weighted by atomic mass is 10.1. The number of carbonyl (C=O) groups is 1. The second-order valence-electron chi connectivity index (χ2n) is 5.97. The van der Waals surface area contributed by atoms with E-state index >= 15 is 0 Å². The summed E-state index contributed by atoms with van der Waals surface area (Å²) < 4.78 is 7.72. The maximum Gasteiger partial charge on any atom is 0.220 e. The van der Waals surface area contributed by atoms with E-state index < -0.39 is 0 Å². The van der Waals surface area contributed by atoms with E-state index in [9.17, 15) is 4.79 Å². The number of hydrogen-bond acceptors (Lipinski definition) is 4. The molecule has 0 unspecified atom stereocenters. The summed E-state index contributed by atoms with van der Waals surface area (Å²) >= 11 is 0. The highest BCUT2D eigenvalue weighted by Gasteiger charge is 2.24. The van der Waals surface area contributed by atoms with Gasteiger partial charge >= 0.3 is 0 Å². The van der Waals surface area contributed by atoms with Crippen molar-refractivity contribution in [1.82, 2.24) is 20.1 Å². The maximum atomic E-state index is 12.1. The molecule has 1 N–H and O–H groups in total. The molecular formula is C15H24N4O2. The zero-order valence-electron chi connectivity index (χ0n) is 12.7. The SMILES string of the molecule is CCc1nnc2n1C[C@@H](NC(=O)CC[C@@H]1CCCO1)CC2. The van der Waals surface area contributed by atoms with Gasteiger partial charge in [0, 0.05) is 38.5 Å². The highest BCUT2D eigenvalue weighted by Crippen LogP contribution is 2.18. The predicted molar refractivity (Wildman–Crippen MR) is 77.9 cm³/mol. The fourth-order valence-electron chi connectivity index (χ4n) is 3.23. The minimum atomic E-state index is 0.144. The lowest BCUT2D eigenvalue weighted by Gasteiger charge is -2.25. The van der Waals surface area contributed by atoms with E-state index in [1.165, 1.54) is 0 Å². The molecule has 6 nitrogen and oxygen atoms in total. The lowest BCUT2D eigenvalue weighted by Crippen LogP contribution is -2.41. The van der Waals surface area contributed by atoms with Gasteiger partial charge in [-0.05, 0) is 25.7 Å². The quantitative estimate of drug-likeness (QED) is 0.886. The second kappa shape index (κ2) is 6.56. The van der Waals surface area contributed by atoms with Crippen molar-refractivity contribution in [3.8, 4) is 0 Å². The van der Waals surface area contributed by atoms with Gasteiger partial charge in [0.05, 0.1) is 6.10 Å². The van der Waals surface area contributed by atoms with Crippen LogP contribution in [0.25, 0.3) is 0 Å². The molecule has 2 aliphatic rings. The zero-order valence-corrected chi connectivity index (χ0v) is 12.7. The number of rotatable bonds is 5. The standard InChI is InChI=1S/C15H24N4O2/c1-2-13-17-18-14-7-5-11(10-19(13)14)16-15(20)8-6-12-4-3-9-21-12/h11-12H,2-10H2,1H3,(H,16,20)/t11-,12-/m0/s1. The van der Waals surface area contributed by atoms with Crippen molar-refractivity contribution in [3.63, 3.8) is 0 Å². The molecule has 2 aliphatic heterocycles. The molecule has 3 heterocycles. The Labute approximate surface area is 125 Å². The number of nitrogens with zero attached hydrogens (tertiary/aromatic N) is 3. The van der Waals surface area contributed by atoms with Crippen LogP contribution in [0.2, 0.25) is 0 Å². The van der Waals surface area contributed by atoms with Gasteiger partial charge in [-0.15, -0.1) is 10.2 Å². The monoisotopic (exact) mass is 292 g/mol. The van der Waals surface area contributed by atoms with Crippen LogP contribution in [0.5, 0.6) is 0 Å². The second-order valence-corrected chi connectivity index (χ2v) is 5.97. The molecular weight excluding hydrogens is 268 g/mol. The van der Waals surface area contributed by atoms with Gasteiger partial charge < -0.3 is 14.6 Å².